The molecule has 2 aromatic heterocycles. The quantitative estimate of drug-likeness (QED) is 0.862. The van der Waals surface area contributed by atoms with E-state index in [1.165, 1.54) is 24.4 Å². The van der Waals surface area contributed by atoms with Crippen LogP contribution in [0, 0.1) is 0 Å². The van der Waals surface area contributed by atoms with Crippen LogP contribution >= 0.6 is 11.5 Å². The van der Waals surface area contributed by atoms with Gasteiger partial charge in [-0.2, -0.15) is 4.37 Å². The van der Waals surface area contributed by atoms with E-state index >= 15 is 0 Å². The van der Waals surface area contributed by atoms with Crippen molar-refractivity contribution in [2.75, 3.05) is 5.32 Å². The van der Waals surface area contributed by atoms with Crippen LogP contribution in [0.1, 0.15) is 30.1 Å². The summed E-state index contributed by atoms with van der Waals surface area (Å²) in [6.45, 7) is 0.746. The lowest BCUT2D eigenvalue weighted by molar-refractivity contribution is 0.564. The number of anilines is 1. The maximum atomic E-state index is 4.98. The molecule has 1 saturated carbocycles. The molecule has 1 N–H and O–H groups in total. The lowest BCUT2D eigenvalue weighted by atomic mass is 10.3. The van der Waals surface area contributed by atoms with Gasteiger partial charge < -0.3 is 9.73 Å². The Morgan fingerprint density at radius 3 is 3.20 bits per heavy atom. The molecule has 15 heavy (non-hydrogen) atoms. The van der Waals surface area contributed by atoms with Gasteiger partial charge in [-0.05, 0) is 18.9 Å². The van der Waals surface area contributed by atoms with Crippen molar-refractivity contribution in [3.05, 3.63) is 30.0 Å². The van der Waals surface area contributed by atoms with Crippen molar-refractivity contribution in [2.24, 2.45) is 0 Å². The molecule has 4 nitrogen and oxygen atoms in total. The monoisotopic (exact) mass is 221 g/mol. The van der Waals surface area contributed by atoms with Gasteiger partial charge in [0.15, 0.2) is 0 Å². The molecular formula is C10H11N3OS. The molecular weight excluding hydrogens is 210 g/mol. The third-order valence-corrected chi connectivity index (χ3v) is 3.09. The van der Waals surface area contributed by atoms with E-state index in [-0.39, 0.29) is 0 Å². The lowest BCUT2D eigenvalue weighted by Gasteiger charge is -1.97. The van der Waals surface area contributed by atoms with Crippen molar-refractivity contribution in [3.63, 3.8) is 0 Å². The summed E-state index contributed by atoms with van der Waals surface area (Å²) in [7, 11) is 0. The highest BCUT2D eigenvalue weighted by Gasteiger charge is 2.27. The Balaban J connectivity index is 1.61. The molecule has 1 fully saturated rings. The van der Waals surface area contributed by atoms with Crippen LogP contribution in [0.5, 0.6) is 0 Å². The predicted molar refractivity (Wildman–Crippen MR) is 57.9 cm³/mol. The average Bonchev–Trinajstić information content (AvgIpc) is 2.82. The number of nitrogens with one attached hydrogen (secondary N) is 1. The fourth-order valence-corrected chi connectivity index (χ4v) is 2.03. The highest BCUT2D eigenvalue weighted by Crippen LogP contribution is 2.39. The van der Waals surface area contributed by atoms with Crippen LogP contribution in [0.2, 0.25) is 0 Å². The second-order valence-electron chi connectivity index (χ2n) is 3.72. The summed E-state index contributed by atoms with van der Waals surface area (Å²) < 4.78 is 9.31. The first-order valence-corrected chi connectivity index (χ1v) is 5.78. The third kappa shape index (κ3) is 2.02. The van der Waals surface area contributed by atoms with Crippen LogP contribution in [0.25, 0.3) is 0 Å². The van der Waals surface area contributed by atoms with Crippen molar-refractivity contribution in [1.29, 1.82) is 0 Å². The van der Waals surface area contributed by atoms with E-state index in [1.54, 1.807) is 12.5 Å². The minimum absolute atomic E-state index is 0.630. The van der Waals surface area contributed by atoms with Crippen LogP contribution in [-0.2, 0) is 6.54 Å². The van der Waals surface area contributed by atoms with E-state index in [0.29, 0.717) is 5.92 Å². The second-order valence-corrected chi connectivity index (χ2v) is 4.47. The van der Waals surface area contributed by atoms with Gasteiger partial charge in [0.05, 0.1) is 12.5 Å². The Morgan fingerprint density at radius 1 is 1.53 bits per heavy atom. The van der Waals surface area contributed by atoms with Gasteiger partial charge in [0.1, 0.15) is 5.82 Å². The highest BCUT2D eigenvalue weighted by molar-refractivity contribution is 7.09. The van der Waals surface area contributed by atoms with Gasteiger partial charge in [0.2, 0.25) is 5.13 Å². The number of furan rings is 1. The molecule has 1 aliphatic carbocycles. The first-order valence-electron chi connectivity index (χ1n) is 5.00. The molecule has 0 radical (unpaired) electrons. The van der Waals surface area contributed by atoms with Gasteiger partial charge in [-0.3, -0.25) is 0 Å². The van der Waals surface area contributed by atoms with Gasteiger partial charge in [0.25, 0.3) is 0 Å². The Hall–Kier alpha value is -1.36. The Kier molecular flexibility index (Phi) is 2.17. The Morgan fingerprint density at radius 2 is 2.47 bits per heavy atom. The molecule has 5 heteroatoms. The third-order valence-electron chi connectivity index (χ3n) is 2.41. The van der Waals surface area contributed by atoms with Crippen LogP contribution in [0.4, 0.5) is 5.13 Å². The average molecular weight is 221 g/mol. The maximum absolute atomic E-state index is 4.98. The number of nitrogens with zero attached hydrogens (tertiary/aromatic N) is 2. The maximum Gasteiger partial charge on any atom is 0.202 e. The lowest BCUT2D eigenvalue weighted by Crippen LogP contribution is -1.97. The smallest absolute Gasteiger partial charge is 0.202 e. The normalized spacial score (nSPS) is 15.5. The molecule has 2 heterocycles. The summed E-state index contributed by atoms with van der Waals surface area (Å²) in [5.74, 6) is 1.64. The minimum Gasteiger partial charge on any atom is -0.472 e. The van der Waals surface area contributed by atoms with Crippen LogP contribution in [0.15, 0.2) is 23.0 Å². The van der Waals surface area contributed by atoms with Crippen LogP contribution in [-0.4, -0.2) is 9.36 Å². The first-order chi connectivity index (χ1) is 7.42. The highest BCUT2D eigenvalue weighted by atomic mass is 32.1. The molecule has 78 valence electrons. The van der Waals surface area contributed by atoms with E-state index in [9.17, 15) is 0 Å². The summed E-state index contributed by atoms with van der Waals surface area (Å²) in [6.07, 6.45) is 5.90. The van der Waals surface area contributed by atoms with Crippen molar-refractivity contribution in [1.82, 2.24) is 9.36 Å². The van der Waals surface area contributed by atoms with Crippen molar-refractivity contribution >= 4 is 16.7 Å². The molecule has 0 aromatic carbocycles. The van der Waals surface area contributed by atoms with Crippen molar-refractivity contribution in [3.8, 4) is 0 Å². The van der Waals surface area contributed by atoms with Gasteiger partial charge in [-0.25, -0.2) is 4.98 Å². The molecule has 0 saturated heterocycles. The molecule has 0 amide bonds. The first kappa shape index (κ1) is 8.91. The fourth-order valence-electron chi connectivity index (χ4n) is 1.38. The number of hydrogen-bond acceptors (Lipinski definition) is 5. The van der Waals surface area contributed by atoms with E-state index in [2.05, 4.69) is 14.7 Å². The van der Waals surface area contributed by atoms with Crippen LogP contribution in [0.3, 0.4) is 0 Å². The topological polar surface area (TPSA) is 51.0 Å². The summed E-state index contributed by atoms with van der Waals surface area (Å²) >= 11 is 1.44. The number of aromatic nitrogens is 2. The van der Waals surface area contributed by atoms with Gasteiger partial charge in [0, 0.05) is 29.6 Å². The van der Waals surface area contributed by atoms with Gasteiger partial charge in [-0.1, -0.05) is 0 Å². The predicted octanol–water partition coefficient (Wildman–Crippen LogP) is 2.62. The van der Waals surface area contributed by atoms with Crippen molar-refractivity contribution < 1.29 is 4.42 Å². The summed E-state index contributed by atoms with van der Waals surface area (Å²) in [5.41, 5.74) is 1.12. The van der Waals surface area contributed by atoms with E-state index in [4.69, 9.17) is 4.42 Å². The SMILES string of the molecule is c1cc(CNc2nc(C3CC3)ns2)co1. The zero-order valence-electron chi connectivity index (χ0n) is 8.14. The van der Waals surface area contributed by atoms with Gasteiger partial charge >= 0.3 is 0 Å². The van der Waals surface area contributed by atoms with E-state index in [0.717, 1.165) is 23.1 Å². The number of hydrogen-bond donors (Lipinski definition) is 1. The van der Waals surface area contributed by atoms with Crippen molar-refractivity contribution in [2.45, 2.75) is 25.3 Å². The fraction of sp³-hybridized carbons (Fsp3) is 0.400. The zero-order valence-corrected chi connectivity index (χ0v) is 8.96. The summed E-state index contributed by atoms with van der Waals surface area (Å²) in [4.78, 5) is 4.44. The van der Waals surface area contributed by atoms with Gasteiger partial charge in [-0.15, -0.1) is 0 Å². The zero-order chi connectivity index (χ0) is 10.1. The molecule has 3 rings (SSSR count). The summed E-state index contributed by atoms with van der Waals surface area (Å²) in [6, 6.07) is 1.94. The molecule has 0 unspecified atom stereocenters. The molecule has 0 aliphatic heterocycles. The summed E-state index contributed by atoms with van der Waals surface area (Å²) in [5, 5.41) is 4.14. The second kappa shape index (κ2) is 3.66. The number of rotatable bonds is 4. The Labute approximate surface area is 91.5 Å². The Bertz CT molecular complexity index is 433. The minimum atomic E-state index is 0.630. The van der Waals surface area contributed by atoms with Crippen LogP contribution < -0.4 is 5.32 Å². The van der Waals surface area contributed by atoms with E-state index < -0.39 is 0 Å². The largest absolute Gasteiger partial charge is 0.472 e. The molecule has 0 atom stereocenters. The standard InChI is InChI=1S/C10H11N3OS/c1-2-8(1)9-12-10(15-13-9)11-5-7-3-4-14-6-7/h3-4,6,8H,1-2,5H2,(H,11,12,13). The molecule has 1 aliphatic rings. The van der Waals surface area contributed by atoms with E-state index in [1.807, 2.05) is 6.07 Å². The molecule has 0 spiro atoms. The molecule has 0 bridgehead atoms. The molecule has 2 aromatic rings.